The molecule has 1 saturated heterocycles. The quantitative estimate of drug-likeness (QED) is 0.834. The molecule has 2 aliphatic rings. The SMILES string of the molecule is CCc1ccc(C(=O)N2CC3CCC(C2)C3(F)F)cn1. The van der Waals surface area contributed by atoms with Crippen LogP contribution in [-0.4, -0.2) is 34.8 Å². The molecule has 0 aromatic carbocycles. The van der Waals surface area contributed by atoms with Crippen LogP contribution in [-0.2, 0) is 6.42 Å². The van der Waals surface area contributed by atoms with Crippen LogP contribution in [0.3, 0.4) is 0 Å². The number of carbonyl (C=O) groups is 1. The summed E-state index contributed by atoms with van der Waals surface area (Å²) in [6.07, 6.45) is 3.41. The highest BCUT2D eigenvalue weighted by Crippen LogP contribution is 2.48. The van der Waals surface area contributed by atoms with Gasteiger partial charge in [-0.1, -0.05) is 6.92 Å². The second-order valence-corrected chi connectivity index (χ2v) is 5.75. The Labute approximate surface area is 117 Å². The Hall–Kier alpha value is -1.52. The number of likely N-dealkylation sites (tertiary alicyclic amines) is 1. The molecule has 5 heteroatoms. The lowest BCUT2D eigenvalue weighted by Crippen LogP contribution is -2.50. The lowest BCUT2D eigenvalue weighted by atomic mass is 9.93. The van der Waals surface area contributed by atoms with Gasteiger partial charge in [0.1, 0.15) is 0 Å². The van der Waals surface area contributed by atoms with Crippen molar-refractivity contribution in [3.05, 3.63) is 29.6 Å². The number of amides is 1. The van der Waals surface area contributed by atoms with Crippen molar-refractivity contribution in [3.8, 4) is 0 Å². The molecule has 108 valence electrons. The molecule has 1 aromatic heterocycles. The first-order valence-corrected chi connectivity index (χ1v) is 7.14. The summed E-state index contributed by atoms with van der Waals surface area (Å²) < 4.78 is 27.7. The molecule has 3 rings (SSSR count). The van der Waals surface area contributed by atoms with E-state index >= 15 is 0 Å². The average molecular weight is 280 g/mol. The van der Waals surface area contributed by atoms with Gasteiger partial charge in [0.25, 0.3) is 11.8 Å². The molecular formula is C15H18F2N2O. The van der Waals surface area contributed by atoms with Crippen LogP contribution in [0.2, 0.25) is 0 Å². The molecule has 2 fully saturated rings. The number of halogens is 2. The summed E-state index contributed by atoms with van der Waals surface area (Å²) in [5.74, 6) is -4.12. The number of pyridine rings is 1. The first-order chi connectivity index (χ1) is 9.52. The smallest absolute Gasteiger partial charge is 0.257 e. The fourth-order valence-corrected chi connectivity index (χ4v) is 3.26. The monoisotopic (exact) mass is 280 g/mol. The summed E-state index contributed by atoms with van der Waals surface area (Å²) in [5.41, 5.74) is 1.42. The molecule has 1 amide bonds. The van der Waals surface area contributed by atoms with Gasteiger partial charge < -0.3 is 4.90 Å². The number of piperidine rings is 1. The number of aryl methyl sites for hydroxylation is 1. The zero-order chi connectivity index (χ0) is 14.3. The molecule has 2 bridgehead atoms. The molecule has 1 aliphatic carbocycles. The Morgan fingerprint density at radius 1 is 1.35 bits per heavy atom. The van der Waals surface area contributed by atoms with Gasteiger partial charge in [0.2, 0.25) is 0 Å². The van der Waals surface area contributed by atoms with E-state index in [-0.39, 0.29) is 19.0 Å². The highest BCUT2D eigenvalue weighted by Gasteiger charge is 2.56. The summed E-state index contributed by atoms with van der Waals surface area (Å²) in [7, 11) is 0. The van der Waals surface area contributed by atoms with Crippen LogP contribution in [0.4, 0.5) is 8.78 Å². The first-order valence-electron chi connectivity index (χ1n) is 7.14. The van der Waals surface area contributed by atoms with Gasteiger partial charge in [-0.3, -0.25) is 9.78 Å². The van der Waals surface area contributed by atoms with Gasteiger partial charge in [-0.25, -0.2) is 8.78 Å². The lowest BCUT2D eigenvalue weighted by Gasteiger charge is -2.37. The molecular weight excluding hydrogens is 262 g/mol. The second-order valence-electron chi connectivity index (χ2n) is 5.75. The molecule has 1 saturated carbocycles. The van der Waals surface area contributed by atoms with Crippen molar-refractivity contribution >= 4 is 5.91 Å². The van der Waals surface area contributed by atoms with E-state index in [2.05, 4.69) is 4.98 Å². The van der Waals surface area contributed by atoms with E-state index in [1.807, 2.05) is 13.0 Å². The number of nitrogens with zero attached hydrogens (tertiary/aromatic N) is 2. The van der Waals surface area contributed by atoms with Crippen LogP contribution in [0.25, 0.3) is 0 Å². The maximum atomic E-state index is 13.8. The predicted octanol–water partition coefficient (Wildman–Crippen LogP) is 2.76. The van der Waals surface area contributed by atoms with Crippen molar-refractivity contribution in [3.63, 3.8) is 0 Å². The Balaban J connectivity index is 1.75. The number of rotatable bonds is 2. The van der Waals surface area contributed by atoms with Crippen molar-refractivity contribution < 1.29 is 13.6 Å². The largest absolute Gasteiger partial charge is 0.338 e. The van der Waals surface area contributed by atoms with Gasteiger partial charge in [-0.05, 0) is 31.4 Å². The van der Waals surface area contributed by atoms with E-state index in [0.717, 1.165) is 12.1 Å². The number of aromatic nitrogens is 1. The van der Waals surface area contributed by atoms with Crippen molar-refractivity contribution in [2.45, 2.75) is 32.1 Å². The third kappa shape index (κ3) is 2.09. The van der Waals surface area contributed by atoms with Gasteiger partial charge in [0.15, 0.2) is 0 Å². The molecule has 3 nitrogen and oxygen atoms in total. The standard InChI is InChI=1S/C15H18F2N2O/c1-2-13-6-3-10(7-18-13)14(20)19-8-11-4-5-12(9-19)15(11,16)17/h3,6-7,11-12H,2,4-5,8-9H2,1H3. The van der Waals surface area contributed by atoms with Crippen molar-refractivity contribution in [1.82, 2.24) is 9.88 Å². The molecule has 1 aliphatic heterocycles. The van der Waals surface area contributed by atoms with Crippen molar-refractivity contribution in [2.75, 3.05) is 13.1 Å². The van der Waals surface area contributed by atoms with E-state index in [9.17, 15) is 13.6 Å². The fraction of sp³-hybridized carbons (Fsp3) is 0.600. The zero-order valence-electron chi connectivity index (χ0n) is 11.5. The Morgan fingerprint density at radius 3 is 2.50 bits per heavy atom. The normalized spacial score (nSPS) is 27.6. The summed E-state index contributed by atoms with van der Waals surface area (Å²) in [6, 6.07) is 3.56. The first kappa shape index (κ1) is 13.5. The van der Waals surface area contributed by atoms with E-state index in [1.165, 1.54) is 0 Å². The summed E-state index contributed by atoms with van der Waals surface area (Å²) >= 11 is 0. The predicted molar refractivity (Wildman–Crippen MR) is 70.7 cm³/mol. The zero-order valence-corrected chi connectivity index (χ0v) is 11.5. The fourth-order valence-electron chi connectivity index (χ4n) is 3.26. The molecule has 20 heavy (non-hydrogen) atoms. The number of carbonyl (C=O) groups excluding carboxylic acids is 1. The van der Waals surface area contributed by atoms with Gasteiger partial charge in [-0.15, -0.1) is 0 Å². The number of alkyl halides is 2. The van der Waals surface area contributed by atoms with Crippen molar-refractivity contribution in [1.29, 1.82) is 0 Å². The van der Waals surface area contributed by atoms with Crippen LogP contribution in [0.15, 0.2) is 18.3 Å². The van der Waals surface area contributed by atoms with Crippen LogP contribution in [0, 0.1) is 11.8 Å². The highest BCUT2D eigenvalue weighted by molar-refractivity contribution is 5.94. The second kappa shape index (κ2) is 4.79. The maximum absolute atomic E-state index is 13.8. The lowest BCUT2D eigenvalue weighted by molar-refractivity contribution is -0.110. The van der Waals surface area contributed by atoms with Gasteiger partial charge >= 0.3 is 0 Å². The Morgan fingerprint density at radius 2 is 2.00 bits per heavy atom. The topological polar surface area (TPSA) is 33.2 Å². The maximum Gasteiger partial charge on any atom is 0.257 e. The van der Waals surface area contributed by atoms with Gasteiger partial charge in [-0.2, -0.15) is 0 Å². The van der Waals surface area contributed by atoms with E-state index in [0.29, 0.717) is 18.4 Å². The minimum absolute atomic E-state index is 0.165. The number of fused-ring (bicyclic) bond motifs is 2. The molecule has 0 N–H and O–H groups in total. The van der Waals surface area contributed by atoms with Crippen LogP contribution in [0.1, 0.15) is 35.8 Å². The molecule has 2 heterocycles. The molecule has 0 radical (unpaired) electrons. The van der Waals surface area contributed by atoms with Gasteiger partial charge in [0.05, 0.1) is 5.56 Å². The Kier molecular flexibility index (Phi) is 3.22. The highest BCUT2D eigenvalue weighted by atomic mass is 19.3. The number of hydrogen-bond acceptors (Lipinski definition) is 2. The molecule has 2 atom stereocenters. The summed E-state index contributed by atoms with van der Waals surface area (Å²) in [6.45, 7) is 2.32. The molecule has 2 unspecified atom stereocenters. The molecule has 1 aromatic rings. The average Bonchev–Trinajstić information content (AvgIpc) is 2.66. The summed E-state index contributed by atoms with van der Waals surface area (Å²) in [5, 5.41) is 0. The third-order valence-electron chi connectivity index (χ3n) is 4.55. The van der Waals surface area contributed by atoms with Crippen molar-refractivity contribution in [2.24, 2.45) is 11.8 Å². The van der Waals surface area contributed by atoms with E-state index in [4.69, 9.17) is 0 Å². The Bertz CT molecular complexity index is 499. The minimum Gasteiger partial charge on any atom is -0.338 e. The minimum atomic E-state index is -2.60. The van der Waals surface area contributed by atoms with Crippen LogP contribution < -0.4 is 0 Å². The summed E-state index contributed by atoms with van der Waals surface area (Å²) in [4.78, 5) is 18.1. The van der Waals surface area contributed by atoms with E-state index in [1.54, 1.807) is 17.2 Å². The van der Waals surface area contributed by atoms with Crippen LogP contribution in [0.5, 0.6) is 0 Å². The molecule has 0 spiro atoms. The van der Waals surface area contributed by atoms with E-state index < -0.39 is 17.8 Å². The van der Waals surface area contributed by atoms with Gasteiger partial charge in [0, 0.05) is 36.8 Å². The number of hydrogen-bond donors (Lipinski definition) is 0. The van der Waals surface area contributed by atoms with Crippen LogP contribution >= 0.6 is 0 Å². The third-order valence-corrected chi connectivity index (χ3v) is 4.55.